The molecule has 0 aliphatic heterocycles. The van der Waals surface area contributed by atoms with Crippen molar-refractivity contribution < 1.29 is 19.1 Å². The molecule has 0 aromatic carbocycles. The Bertz CT molecular complexity index is 469. The molecule has 0 heterocycles. The number of carbonyl (C=O) groups excluding carboxylic acids is 2. The van der Waals surface area contributed by atoms with E-state index in [2.05, 4.69) is 0 Å². The summed E-state index contributed by atoms with van der Waals surface area (Å²) in [6, 6.07) is 0. The SMILES string of the molecule is CC(C)(CCOC(C)(C)C(=O)C1CCCCC1)OC(=O)C1CCCCC1. The molecular weight excluding hydrogens is 328 g/mol. The van der Waals surface area contributed by atoms with E-state index < -0.39 is 11.2 Å². The largest absolute Gasteiger partial charge is 0.459 e. The molecule has 150 valence electrons. The maximum Gasteiger partial charge on any atom is 0.309 e. The van der Waals surface area contributed by atoms with Gasteiger partial charge in [-0.1, -0.05) is 38.5 Å². The lowest BCUT2D eigenvalue weighted by molar-refractivity contribution is -0.167. The second-order valence-corrected chi connectivity index (χ2v) is 9.32. The van der Waals surface area contributed by atoms with Gasteiger partial charge in [-0.25, -0.2) is 0 Å². The van der Waals surface area contributed by atoms with Gasteiger partial charge in [-0.3, -0.25) is 9.59 Å². The Balaban J connectivity index is 1.76. The second kappa shape index (κ2) is 9.34. The first-order valence-electron chi connectivity index (χ1n) is 10.6. The van der Waals surface area contributed by atoms with E-state index in [1.165, 1.54) is 12.8 Å². The van der Waals surface area contributed by atoms with E-state index in [0.717, 1.165) is 51.4 Å². The average Bonchev–Trinajstić information content (AvgIpc) is 2.61. The lowest BCUT2D eigenvalue weighted by Crippen LogP contribution is -2.42. The predicted octanol–water partition coefficient (Wildman–Crippen LogP) is 5.22. The van der Waals surface area contributed by atoms with Gasteiger partial charge in [-0.2, -0.15) is 0 Å². The monoisotopic (exact) mass is 366 g/mol. The van der Waals surface area contributed by atoms with Crippen molar-refractivity contribution in [2.24, 2.45) is 11.8 Å². The van der Waals surface area contributed by atoms with E-state index in [4.69, 9.17) is 9.47 Å². The van der Waals surface area contributed by atoms with Crippen molar-refractivity contribution in [2.75, 3.05) is 6.61 Å². The van der Waals surface area contributed by atoms with Crippen LogP contribution < -0.4 is 0 Å². The normalized spacial score (nSPS) is 20.8. The molecule has 0 aromatic heterocycles. The number of hydrogen-bond donors (Lipinski definition) is 0. The maximum atomic E-state index is 12.7. The molecule has 0 saturated heterocycles. The molecule has 0 aromatic rings. The maximum absolute atomic E-state index is 12.7. The van der Waals surface area contributed by atoms with Gasteiger partial charge in [0.1, 0.15) is 11.2 Å². The van der Waals surface area contributed by atoms with Gasteiger partial charge in [-0.05, 0) is 53.4 Å². The molecule has 0 radical (unpaired) electrons. The fourth-order valence-electron chi connectivity index (χ4n) is 4.22. The highest BCUT2D eigenvalue weighted by Gasteiger charge is 2.36. The van der Waals surface area contributed by atoms with Gasteiger partial charge in [0, 0.05) is 12.3 Å². The van der Waals surface area contributed by atoms with Gasteiger partial charge in [0.05, 0.1) is 12.5 Å². The van der Waals surface area contributed by atoms with E-state index in [0.29, 0.717) is 13.0 Å². The highest BCUT2D eigenvalue weighted by molar-refractivity contribution is 5.88. The van der Waals surface area contributed by atoms with Crippen LogP contribution in [-0.4, -0.2) is 29.6 Å². The van der Waals surface area contributed by atoms with Gasteiger partial charge in [-0.15, -0.1) is 0 Å². The summed E-state index contributed by atoms with van der Waals surface area (Å²) in [5.74, 6) is 0.380. The average molecular weight is 367 g/mol. The van der Waals surface area contributed by atoms with Crippen LogP contribution >= 0.6 is 0 Å². The van der Waals surface area contributed by atoms with Gasteiger partial charge in [0.25, 0.3) is 0 Å². The lowest BCUT2D eigenvalue weighted by Gasteiger charge is -2.33. The molecule has 2 fully saturated rings. The van der Waals surface area contributed by atoms with Crippen molar-refractivity contribution in [3.8, 4) is 0 Å². The number of Topliss-reactive ketones (excluding diaryl/α,β-unsaturated/α-hetero) is 1. The Morgan fingerprint density at radius 3 is 1.85 bits per heavy atom. The van der Waals surface area contributed by atoms with E-state index in [1.54, 1.807) is 0 Å². The summed E-state index contributed by atoms with van der Waals surface area (Å²) in [4.78, 5) is 25.1. The zero-order valence-electron chi connectivity index (χ0n) is 17.3. The number of carbonyl (C=O) groups is 2. The van der Waals surface area contributed by atoms with Crippen LogP contribution in [0.1, 0.15) is 98.3 Å². The first-order valence-corrected chi connectivity index (χ1v) is 10.6. The third-order valence-corrected chi connectivity index (χ3v) is 6.05. The zero-order valence-corrected chi connectivity index (χ0v) is 17.3. The Hall–Kier alpha value is -0.900. The summed E-state index contributed by atoms with van der Waals surface area (Å²) < 4.78 is 11.7. The minimum absolute atomic E-state index is 0.0627. The summed E-state index contributed by atoms with van der Waals surface area (Å²) in [5.41, 5.74) is -1.32. The van der Waals surface area contributed by atoms with Crippen LogP contribution in [0.15, 0.2) is 0 Å². The van der Waals surface area contributed by atoms with E-state index in [-0.39, 0.29) is 23.6 Å². The first-order chi connectivity index (χ1) is 12.2. The lowest BCUT2D eigenvalue weighted by atomic mass is 9.81. The summed E-state index contributed by atoms with van der Waals surface area (Å²) in [5, 5.41) is 0. The number of esters is 1. The Labute approximate surface area is 159 Å². The van der Waals surface area contributed by atoms with Crippen molar-refractivity contribution in [3.05, 3.63) is 0 Å². The van der Waals surface area contributed by atoms with Gasteiger partial charge in [0.2, 0.25) is 0 Å². The molecular formula is C22H38O4. The summed E-state index contributed by atoms with van der Waals surface area (Å²) >= 11 is 0. The van der Waals surface area contributed by atoms with Crippen molar-refractivity contribution in [1.82, 2.24) is 0 Å². The molecule has 4 heteroatoms. The molecule has 0 bridgehead atoms. The van der Waals surface area contributed by atoms with E-state index >= 15 is 0 Å². The van der Waals surface area contributed by atoms with Crippen molar-refractivity contribution in [2.45, 2.75) is 110 Å². The summed E-state index contributed by atoms with van der Waals surface area (Å²) in [6.07, 6.45) is 11.5. The predicted molar refractivity (Wildman–Crippen MR) is 103 cm³/mol. The molecule has 2 saturated carbocycles. The Morgan fingerprint density at radius 1 is 0.808 bits per heavy atom. The molecule has 2 aliphatic rings. The molecule has 0 N–H and O–H groups in total. The standard InChI is InChI=1S/C22H38O4/c1-21(2,26-20(24)18-13-9-6-10-14-18)15-16-25-22(3,4)19(23)17-11-7-5-8-12-17/h17-18H,5-16H2,1-4H3. The smallest absolute Gasteiger partial charge is 0.309 e. The molecule has 0 atom stereocenters. The molecule has 0 unspecified atom stereocenters. The molecule has 2 rings (SSSR count). The highest BCUT2D eigenvalue weighted by Crippen LogP contribution is 2.30. The van der Waals surface area contributed by atoms with Gasteiger partial charge >= 0.3 is 5.97 Å². The Kier molecular flexibility index (Phi) is 7.69. The van der Waals surface area contributed by atoms with Crippen LogP contribution in [0.4, 0.5) is 0 Å². The fraction of sp³-hybridized carbons (Fsp3) is 0.909. The fourth-order valence-corrected chi connectivity index (χ4v) is 4.22. The second-order valence-electron chi connectivity index (χ2n) is 9.32. The third kappa shape index (κ3) is 6.37. The third-order valence-electron chi connectivity index (χ3n) is 6.05. The van der Waals surface area contributed by atoms with Crippen LogP contribution in [-0.2, 0) is 19.1 Å². The van der Waals surface area contributed by atoms with Crippen molar-refractivity contribution in [3.63, 3.8) is 0 Å². The van der Waals surface area contributed by atoms with Crippen molar-refractivity contribution >= 4 is 11.8 Å². The topological polar surface area (TPSA) is 52.6 Å². The summed E-state index contributed by atoms with van der Waals surface area (Å²) in [6.45, 7) is 8.06. The first kappa shape index (κ1) is 21.4. The Morgan fingerprint density at radius 2 is 1.31 bits per heavy atom. The van der Waals surface area contributed by atoms with Crippen LogP contribution in [0, 0.1) is 11.8 Å². The minimum Gasteiger partial charge on any atom is -0.459 e. The number of rotatable bonds is 8. The molecule has 2 aliphatic carbocycles. The highest BCUT2D eigenvalue weighted by atomic mass is 16.6. The van der Waals surface area contributed by atoms with Crippen molar-refractivity contribution in [1.29, 1.82) is 0 Å². The molecule has 26 heavy (non-hydrogen) atoms. The minimum atomic E-state index is -0.758. The quantitative estimate of drug-likeness (QED) is 0.552. The molecule has 0 spiro atoms. The van der Waals surface area contributed by atoms with Crippen LogP contribution in [0.5, 0.6) is 0 Å². The van der Waals surface area contributed by atoms with Gasteiger partial charge in [0.15, 0.2) is 5.78 Å². The van der Waals surface area contributed by atoms with Gasteiger partial charge < -0.3 is 9.47 Å². The summed E-state index contributed by atoms with van der Waals surface area (Å²) in [7, 11) is 0. The van der Waals surface area contributed by atoms with E-state index in [1.807, 2.05) is 27.7 Å². The van der Waals surface area contributed by atoms with Crippen LogP contribution in [0.25, 0.3) is 0 Å². The zero-order chi connectivity index (χ0) is 19.2. The van der Waals surface area contributed by atoms with E-state index in [9.17, 15) is 9.59 Å². The molecule has 0 amide bonds. The molecule has 4 nitrogen and oxygen atoms in total. The van der Waals surface area contributed by atoms with Crippen LogP contribution in [0.3, 0.4) is 0 Å². The van der Waals surface area contributed by atoms with Crippen LogP contribution in [0.2, 0.25) is 0 Å². The number of ketones is 1. The number of ether oxygens (including phenoxy) is 2. The number of hydrogen-bond acceptors (Lipinski definition) is 4.